The zero-order valence-electron chi connectivity index (χ0n) is 10.9. The van der Waals surface area contributed by atoms with Crippen molar-refractivity contribution in [1.29, 1.82) is 0 Å². The monoisotopic (exact) mass is 402 g/mol. The molecule has 0 fully saturated rings. The van der Waals surface area contributed by atoms with Gasteiger partial charge in [-0.25, -0.2) is 4.39 Å². The second-order valence-electron chi connectivity index (χ2n) is 4.16. The molecule has 110 valence electrons. The van der Waals surface area contributed by atoms with Crippen LogP contribution in [0, 0.1) is 9.39 Å². The normalized spacial score (nSPS) is 10.2. The SMILES string of the molecule is O=C(CNC(=O)c1ccc(F)cc1I)NCc1ccco1. The summed E-state index contributed by atoms with van der Waals surface area (Å²) in [4.78, 5) is 23.5. The molecule has 0 atom stereocenters. The minimum absolute atomic E-state index is 0.160. The van der Waals surface area contributed by atoms with Crippen molar-refractivity contribution in [3.05, 3.63) is 57.3 Å². The summed E-state index contributed by atoms with van der Waals surface area (Å²) >= 11 is 1.87. The molecule has 0 aliphatic carbocycles. The van der Waals surface area contributed by atoms with Gasteiger partial charge in [-0.3, -0.25) is 9.59 Å². The summed E-state index contributed by atoms with van der Waals surface area (Å²) in [5.41, 5.74) is 0.329. The van der Waals surface area contributed by atoms with E-state index in [-0.39, 0.29) is 19.0 Å². The van der Waals surface area contributed by atoms with Crippen molar-refractivity contribution in [2.75, 3.05) is 6.54 Å². The van der Waals surface area contributed by atoms with Gasteiger partial charge in [-0.05, 0) is 52.9 Å². The van der Waals surface area contributed by atoms with Crippen molar-refractivity contribution >= 4 is 34.4 Å². The van der Waals surface area contributed by atoms with Gasteiger partial charge >= 0.3 is 0 Å². The summed E-state index contributed by atoms with van der Waals surface area (Å²) in [5, 5.41) is 5.09. The predicted molar refractivity (Wildman–Crippen MR) is 82.0 cm³/mol. The number of nitrogens with one attached hydrogen (secondary N) is 2. The molecule has 0 saturated carbocycles. The van der Waals surface area contributed by atoms with Crippen LogP contribution < -0.4 is 10.6 Å². The van der Waals surface area contributed by atoms with Gasteiger partial charge in [0.05, 0.1) is 24.9 Å². The molecule has 1 aromatic heterocycles. The molecule has 0 unspecified atom stereocenters. The van der Waals surface area contributed by atoms with Gasteiger partial charge in [0.15, 0.2) is 0 Å². The predicted octanol–water partition coefficient (Wildman–Crippen LogP) is 2.07. The van der Waals surface area contributed by atoms with Gasteiger partial charge < -0.3 is 15.1 Å². The van der Waals surface area contributed by atoms with Crippen LogP contribution in [0.3, 0.4) is 0 Å². The second-order valence-corrected chi connectivity index (χ2v) is 5.33. The molecule has 0 bridgehead atoms. The first-order valence-corrected chi connectivity index (χ1v) is 7.16. The number of hydrogen-bond donors (Lipinski definition) is 2. The Bertz CT molecular complexity index is 644. The van der Waals surface area contributed by atoms with E-state index in [1.54, 1.807) is 12.1 Å². The van der Waals surface area contributed by atoms with E-state index in [0.717, 1.165) is 0 Å². The fraction of sp³-hybridized carbons (Fsp3) is 0.143. The molecule has 0 saturated heterocycles. The zero-order valence-corrected chi connectivity index (χ0v) is 13.0. The van der Waals surface area contributed by atoms with Gasteiger partial charge in [0.2, 0.25) is 5.91 Å². The van der Waals surface area contributed by atoms with Gasteiger partial charge in [0.1, 0.15) is 11.6 Å². The Hall–Kier alpha value is -1.90. The lowest BCUT2D eigenvalue weighted by atomic mass is 10.2. The van der Waals surface area contributed by atoms with Gasteiger partial charge in [0.25, 0.3) is 5.91 Å². The lowest BCUT2D eigenvalue weighted by Gasteiger charge is -2.07. The molecule has 5 nitrogen and oxygen atoms in total. The Kier molecular flexibility index (Phi) is 5.32. The zero-order chi connectivity index (χ0) is 15.2. The van der Waals surface area contributed by atoms with Crippen LogP contribution in [0.25, 0.3) is 0 Å². The highest BCUT2D eigenvalue weighted by atomic mass is 127. The average Bonchev–Trinajstić information content (AvgIpc) is 2.95. The summed E-state index contributed by atoms with van der Waals surface area (Å²) in [6.07, 6.45) is 1.51. The summed E-state index contributed by atoms with van der Waals surface area (Å²) in [5.74, 6) is -0.542. The van der Waals surface area contributed by atoms with E-state index in [1.165, 1.54) is 24.5 Å². The van der Waals surface area contributed by atoms with Crippen LogP contribution in [0.1, 0.15) is 16.1 Å². The van der Waals surface area contributed by atoms with Crippen LogP contribution >= 0.6 is 22.6 Å². The Balaban J connectivity index is 1.81. The Morgan fingerprint density at radius 1 is 1.24 bits per heavy atom. The third kappa shape index (κ3) is 4.55. The van der Waals surface area contributed by atoms with Crippen LogP contribution in [0.5, 0.6) is 0 Å². The maximum Gasteiger partial charge on any atom is 0.252 e. The highest BCUT2D eigenvalue weighted by Gasteiger charge is 2.12. The van der Waals surface area contributed by atoms with Crippen molar-refractivity contribution < 1.29 is 18.4 Å². The smallest absolute Gasteiger partial charge is 0.252 e. The number of rotatable bonds is 5. The molecule has 1 aromatic carbocycles. The Labute approximate surface area is 134 Å². The largest absolute Gasteiger partial charge is 0.467 e. The fourth-order valence-corrected chi connectivity index (χ4v) is 2.31. The standard InChI is InChI=1S/C14H12FIN2O3/c15-9-3-4-11(12(16)6-9)14(20)18-8-13(19)17-7-10-2-1-5-21-10/h1-6H,7-8H2,(H,17,19)(H,18,20). The number of carbonyl (C=O) groups excluding carboxylic acids is 2. The Morgan fingerprint density at radius 3 is 2.71 bits per heavy atom. The van der Waals surface area contributed by atoms with Gasteiger partial charge in [0, 0.05) is 3.57 Å². The summed E-state index contributed by atoms with van der Waals surface area (Å²) in [6.45, 7) is 0.1000. The summed E-state index contributed by atoms with van der Waals surface area (Å²) < 4.78 is 18.5. The second kappa shape index (κ2) is 7.21. The van der Waals surface area contributed by atoms with E-state index in [2.05, 4.69) is 10.6 Å². The highest BCUT2D eigenvalue weighted by molar-refractivity contribution is 14.1. The number of halogens is 2. The number of amides is 2. The molecular weight excluding hydrogens is 390 g/mol. The lowest BCUT2D eigenvalue weighted by molar-refractivity contribution is -0.120. The molecule has 0 aliphatic rings. The molecule has 7 heteroatoms. The average molecular weight is 402 g/mol. The molecule has 21 heavy (non-hydrogen) atoms. The van der Waals surface area contributed by atoms with Crippen LogP contribution in [0.4, 0.5) is 4.39 Å². The summed E-state index contributed by atoms with van der Waals surface area (Å²) in [7, 11) is 0. The molecule has 0 aliphatic heterocycles. The topological polar surface area (TPSA) is 71.3 Å². The fourth-order valence-electron chi connectivity index (χ4n) is 1.59. The van der Waals surface area contributed by atoms with E-state index >= 15 is 0 Å². The van der Waals surface area contributed by atoms with Crippen LogP contribution in [-0.4, -0.2) is 18.4 Å². The molecule has 2 aromatic rings. The third-order valence-corrected chi connectivity index (χ3v) is 3.52. The van der Waals surface area contributed by atoms with E-state index < -0.39 is 11.7 Å². The first-order valence-electron chi connectivity index (χ1n) is 6.08. The van der Waals surface area contributed by atoms with Gasteiger partial charge in [-0.2, -0.15) is 0 Å². The van der Waals surface area contributed by atoms with E-state index in [0.29, 0.717) is 14.9 Å². The van der Waals surface area contributed by atoms with Crippen molar-refractivity contribution in [3.63, 3.8) is 0 Å². The van der Waals surface area contributed by atoms with Gasteiger partial charge in [-0.15, -0.1) is 0 Å². The van der Waals surface area contributed by atoms with Crippen molar-refractivity contribution in [2.45, 2.75) is 6.54 Å². The minimum Gasteiger partial charge on any atom is -0.467 e. The summed E-state index contributed by atoms with van der Waals surface area (Å²) in [6, 6.07) is 7.30. The highest BCUT2D eigenvalue weighted by Crippen LogP contribution is 2.13. The Morgan fingerprint density at radius 2 is 2.05 bits per heavy atom. The maximum absolute atomic E-state index is 13.0. The minimum atomic E-state index is -0.424. The van der Waals surface area contributed by atoms with E-state index in [4.69, 9.17) is 4.42 Å². The van der Waals surface area contributed by atoms with Crippen LogP contribution in [0.15, 0.2) is 41.0 Å². The molecule has 2 N–H and O–H groups in total. The maximum atomic E-state index is 13.0. The molecule has 0 radical (unpaired) electrons. The first-order chi connectivity index (χ1) is 10.1. The van der Waals surface area contributed by atoms with Crippen molar-refractivity contribution in [3.8, 4) is 0 Å². The molecule has 0 spiro atoms. The quantitative estimate of drug-likeness (QED) is 0.753. The van der Waals surface area contributed by atoms with Gasteiger partial charge in [-0.1, -0.05) is 0 Å². The molecule has 1 heterocycles. The van der Waals surface area contributed by atoms with Crippen molar-refractivity contribution in [2.24, 2.45) is 0 Å². The lowest BCUT2D eigenvalue weighted by Crippen LogP contribution is -2.36. The van der Waals surface area contributed by atoms with E-state index in [9.17, 15) is 14.0 Å². The number of hydrogen-bond acceptors (Lipinski definition) is 3. The first kappa shape index (κ1) is 15.5. The molecule has 2 amide bonds. The number of carbonyl (C=O) groups is 2. The van der Waals surface area contributed by atoms with Crippen molar-refractivity contribution in [1.82, 2.24) is 10.6 Å². The molecular formula is C14H12FIN2O3. The third-order valence-electron chi connectivity index (χ3n) is 2.63. The van der Waals surface area contributed by atoms with E-state index in [1.807, 2.05) is 22.6 Å². The molecule has 2 rings (SSSR count). The number of benzene rings is 1. The van der Waals surface area contributed by atoms with Crippen LogP contribution in [-0.2, 0) is 11.3 Å². The number of furan rings is 1. The van der Waals surface area contributed by atoms with Crippen LogP contribution in [0.2, 0.25) is 0 Å².